The van der Waals surface area contributed by atoms with Crippen molar-refractivity contribution >= 4 is 21.6 Å². The fourth-order valence-electron chi connectivity index (χ4n) is 1.52. The normalized spacial score (nSPS) is 11.7. The minimum atomic E-state index is -3.56. The van der Waals surface area contributed by atoms with E-state index < -0.39 is 10.0 Å². The highest BCUT2D eigenvalue weighted by atomic mass is 35.5. The second kappa shape index (κ2) is 5.73. The number of benzene rings is 1. The second-order valence-electron chi connectivity index (χ2n) is 4.00. The van der Waals surface area contributed by atoms with E-state index in [2.05, 4.69) is 14.7 Å². The van der Waals surface area contributed by atoms with Gasteiger partial charge in [-0.15, -0.1) is 0 Å². The Hall–Kier alpha value is -1.37. The molecule has 0 unspecified atom stereocenters. The Kier molecular flexibility index (Phi) is 4.24. The molecule has 0 aliphatic heterocycles. The van der Waals surface area contributed by atoms with E-state index in [0.29, 0.717) is 17.3 Å². The van der Waals surface area contributed by atoms with Gasteiger partial charge in [-0.05, 0) is 17.7 Å². The SMILES string of the molecule is CCc1ncc(S(=O)(=O)NCc2ccc(Cl)cc2)[nH]1. The van der Waals surface area contributed by atoms with Crippen molar-refractivity contribution < 1.29 is 8.42 Å². The van der Waals surface area contributed by atoms with Crippen molar-refractivity contribution in [3.8, 4) is 0 Å². The molecule has 1 heterocycles. The maximum Gasteiger partial charge on any atom is 0.257 e. The number of H-pyrrole nitrogens is 1. The standard InChI is InChI=1S/C12H14ClN3O2S/c1-2-11-14-8-12(16-11)19(17,18)15-7-9-3-5-10(13)6-4-9/h3-6,8,15H,2,7H2,1H3,(H,14,16). The zero-order chi connectivity index (χ0) is 13.9. The molecule has 7 heteroatoms. The van der Waals surface area contributed by atoms with Gasteiger partial charge in [0.05, 0.1) is 6.20 Å². The fourth-order valence-corrected chi connectivity index (χ4v) is 2.60. The van der Waals surface area contributed by atoms with Gasteiger partial charge in [-0.1, -0.05) is 30.7 Å². The van der Waals surface area contributed by atoms with Gasteiger partial charge < -0.3 is 4.98 Å². The zero-order valence-corrected chi connectivity index (χ0v) is 11.9. The first kappa shape index (κ1) is 14.0. The molecule has 0 radical (unpaired) electrons. The summed E-state index contributed by atoms with van der Waals surface area (Å²) in [5.41, 5.74) is 0.836. The minimum Gasteiger partial charge on any atom is -0.332 e. The number of halogens is 1. The summed E-state index contributed by atoms with van der Waals surface area (Å²) in [6, 6.07) is 6.98. The van der Waals surface area contributed by atoms with E-state index in [0.717, 1.165) is 5.56 Å². The highest BCUT2D eigenvalue weighted by Gasteiger charge is 2.16. The molecule has 0 fully saturated rings. The molecule has 0 saturated carbocycles. The molecule has 0 aliphatic carbocycles. The monoisotopic (exact) mass is 299 g/mol. The molecular weight excluding hydrogens is 286 g/mol. The van der Waals surface area contributed by atoms with Gasteiger partial charge in [0.2, 0.25) is 0 Å². The molecule has 0 saturated heterocycles. The summed E-state index contributed by atoms with van der Waals surface area (Å²) in [4.78, 5) is 6.74. The van der Waals surface area contributed by atoms with Gasteiger partial charge in [0.25, 0.3) is 10.0 Å². The Balaban J connectivity index is 2.07. The van der Waals surface area contributed by atoms with E-state index in [9.17, 15) is 8.42 Å². The van der Waals surface area contributed by atoms with Gasteiger partial charge in [0, 0.05) is 18.0 Å². The highest BCUT2D eigenvalue weighted by molar-refractivity contribution is 7.89. The summed E-state index contributed by atoms with van der Waals surface area (Å²) in [6.45, 7) is 2.11. The van der Waals surface area contributed by atoms with E-state index in [1.54, 1.807) is 24.3 Å². The summed E-state index contributed by atoms with van der Waals surface area (Å²) in [7, 11) is -3.56. The summed E-state index contributed by atoms with van der Waals surface area (Å²) >= 11 is 5.76. The van der Waals surface area contributed by atoms with Crippen molar-refractivity contribution in [1.29, 1.82) is 0 Å². The van der Waals surface area contributed by atoms with Crippen LogP contribution in [0.4, 0.5) is 0 Å². The lowest BCUT2D eigenvalue weighted by Crippen LogP contribution is -2.23. The molecule has 2 rings (SSSR count). The largest absolute Gasteiger partial charge is 0.332 e. The molecule has 102 valence electrons. The average molecular weight is 300 g/mol. The third-order valence-electron chi connectivity index (χ3n) is 2.61. The number of hydrogen-bond donors (Lipinski definition) is 2. The molecule has 0 bridgehead atoms. The van der Waals surface area contributed by atoms with E-state index in [-0.39, 0.29) is 11.6 Å². The van der Waals surface area contributed by atoms with Crippen LogP contribution in [0.25, 0.3) is 0 Å². The Morgan fingerprint density at radius 2 is 2.00 bits per heavy atom. The molecule has 1 aromatic heterocycles. The van der Waals surface area contributed by atoms with Crippen molar-refractivity contribution in [2.24, 2.45) is 0 Å². The number of imidazole rings is 1. The molecule has 5 nitrogen and oxygen atoms in total. The third kappa shape index (κ3) is 3.56. The van der Waals surface area contributed by atoms with Crippen molar-refractivity contribution in [3.63, 3.8) is 0 Å². The van der Waals surface area contributed by atoms with Crippen LogP contribution in [0.2, 0.25) is 5.02 Å². The topological polar surface area (TPSA) is 74.8 Å². The van der Waals surface area contributed by atoms with Crippen molar-refractivity contribution in [1.82, 2.24) is 14.7 Å². The van der Waals surface area contributed by atoms with Crippen LogP contribution in [-0.4, -0.2) is 18.4 Å². The molecule has 1 aromatic carbocycles. The molecule has 0 spiro atoms. The maximum atomic E-state index is 12.0. The first-order valence-electron chi connectivity index (χ1n) is 5.79. The third-order valence-corrected chi connectivity index (χ3v) is 4.17. The van der Waals surface area contributed by atoms with Gasteiger partial charge in [-0.3, -0.25) is 0 Å². The first-order chi connectivity index (χ1) is 9.01. The van der Waals surface area contributed by atoms with Crippen LogP contribution < -0.4 is 4.72 Å². The number of nitrogens with one attached hydrogen (secondary N) is 2. The van der Waals surface area contributed by atoms with Gasteiger partial charge in [-0.2, -0.15) is 0 Å². The summed E-state index contributed by atoms with van der Waals surface area (Å²) in [5.74, 6) is 0.645. The van der Waals surface area contributed by atoms with Crippen LogP contribution in [0.3, 0.4) is 0 Å². The smallest absolute Gasteiger partial charge is 0.257 e. The number of rotatable bonds is 5. The molecule has 0 amide bonds. The number of aromatic nitrogens is 2. The average Bonchev–Trinajstić information content (AvgIpc) is 2.88. The summed E-state index contributed by atoms with van der Waals surface area (Å²) in [6.07, 6.45) is 1.98. The number of sulfonamides is 1. The van der Waals surface area contributed by atoms with E-state index >= 15 is 0 Å². The van der Waals surface area contributed by atoms with Crippen molar-refractivity contribution in [3.05, 3.63) is 46.9 Å². The van der Waals surface area contributed by atoms with Crippen molar-refractivity contribution in [2.75, 3.05) is 0 Å². The summed E-state index contributed by atoms with van der Waals surface area (Å²) < 4.78 is 26.5. The number of nitrogens with zero attached hydrogens (tertiary/aromatic N) is 1. The number of hydrogen-bond acceptors (Lipinski definition) is 3. The molecule has 19 heavy (non-hydrogen) atoms. The molecular formula is C12H14ClN3O2S. The van der Waals surface area contributed by atoms with Gasteiger partial charge in [0.1, 0.15) is 5.82 Å². The highest BCUT2D eigenvalue weighted by Crippen LogP contribution is 2.11. The quantitative estimate of drug-likeness (QED) is 0.888. The van der Waals surface area contributed by atoms with Crippen LogP contribution >= 0.6 is 11.6 Å². The predicted octanol–water partition coefficient (Wildman–Crippen LogP) is 2.10. The van der Waals surface area contributed by atoms with Gasteiger partial charge in [-0.25, -0.2) is 18.1 Å². The zero-order valence-electron chi connectivity index (χ0n) is 10.4. The second-order valence-corrected chi connectivity index (χ2v) is 6.17. The van der Waals surface area contributed by atoms with Crippen molar-refractivity contribution in [2.45, 2.75) is 24.9 Å². The Bertz CT molecular complexity index is 650. The van der Waals surface area contributed by atoms with E-state index in [1.807, 2.05) is 6.92 Å². The van der Waals surface area contributed by atoms with Gasteiger partial charge >= 0.3 is 0 Å². The Morgan fingerprint density at radius 3 is 2.58 bits per heavy atom. The maximum absolute atomic E-state index is 12.0. The van der Waals surface area contributed by atoms with Crippen LogP contribution in [0.5, 0.6) is 0 Å². The van der Waals surface area contributed by atoms with Crippen LogP contribution in [0, 0.1) is 0 Å². The van der Waals surface area contributed by atoms with Gasteiger partial charge in [0.15, 0.2) is 5.03 Å². The lowest BCUT2D eigenvalue weighted by Gasteiger charge is -2.04. The summed E-state index contributed by atoms with van der Waals surface area (Å²) in [5, 5.41) is 0.700. The van der Waals surface area contributed by atoms with E-state index in [4.69, 9.17) is 11.6 Å². The minimum absolute atomic E-state index is 0.0818. The number of aromatic amines is 1. The molecule has 0 atom stereocenters. The van der Waals surface area contributed by atoms with E-state index in [1.165, 1.54) is 6.20 Å². The Morgan fingerprint density at radius 1 is 1.32 bits per heavy atom. The molecule has 0 aliphatic rings. The van der Waals surface area contributed by atoms with Crippen LogP contribution in [0.15, 0.2) is 35.5 Å². The Labute approximate surface area is 117 Å². The molecule has 2 N–H and O–H groups in total. The lowest BCUT2D eigenvalue weighted by atomic mass is 10.2. The molecule has 2 aromatic rings. The van der Waals surface area contributed by atoms with Crippen LogP contribution in [-0.2, 0) is 23.0 Å². The lowest BCUT2D eigenvalue weighted by molar-refractivity contribution is 0.578. The van der Waals surface area contributed by atoms with Crippen LogP contribution in [0.1, 0.15) is 18.3 Å². The first-order valence-corrected chi connectivity index (χ1v) is 7.65. The predicted molar refractivity (Wildman–Crippen MR) is 73.4 cm³/mol. The fraction of sp³-hybridized carbons (Fsp3) is 0.250. The number of aryl methyl sites for hydroxylation is 1.